The van der Waals surface area contributed by atoms with Gasteiger partial charge in [-0.3, -0.25) is 10.1 Å². The summed E-state index contributed by atoms with van der Waals surface area (Å²) >= 11 is 5.17. The molecule has 7 nitrogen and oxygen atoms in total. The average Bonchev–Trinajstić information content (AvgIpc) is 3.12. The van der Waals surface area contributed by atoms with Crippen molar-refractivity contribution in [2.75, 3.05) is 5.32 Å². The Morgan fingerprint density at radius 3 is 2.45 bits per heavy atom. The number of para-hydroxylation sites is 2. The summed E-state index contributed by atoms with van der Waals surface area (Å²) in [4.78, 5) is 16.5. The Kier molecular flexibility index (Phi) is 5.87. The quantitative estimate of drug-likeness (QED) is 0.447. The van der Waals surface area contributed by atoms with Gasteiger partial charge in [-0.1, -0.05) is 30.3 Å². The number of benzene rings is 3. The van der Waals surface area contributed by atoms with E-state index in [9.17, 15) is 9.90 Å². The Hall–Kier alpha value is -3.75. The van der Waals surface area contributed by atoms with Crippen LogP contribution in [0.4, 0.5) is 5.69 Å². The van der Waals surface area contributed by atoms with Crippen molar-refractivity contribution in [3.8, 4) is 17.2 Å². The highest BCUT2D eigenvalue weighted by Gasteiger charge is 2.13. The molecule has 3 aromatic carbocycles. The van der Waals surface area contributed by atoms with Crippen LogP contribution in [0.2, 0.25) is 0 Å². The fourth-order valence-electron chi connectivity index (χ4n) is 2.70. The third-order valence-electron chi connectivity index (χ3n) is 4.04. The molecule has 0 aliphatic carbocycles. The SMILES string of the molecule is O.O=C(NC(=S)Nc1ccc(-c2nc3ccccc3o2)c(O)c1)c1ccccc1. The fraction of sp³-hybridized carbons (Fsp3) is 0. The van der Waals surface area contributed by atoms with Gasteiger partial charge in [-0.05, 0) is 48.6 Å². The molecule has 1 amide bonds. The number of phenolic OH excluding ortho intramolecular Hbond substituents is 1. The van der Waals surface area contributed by atoms with Gasteiger partial charge >= 0.3 is 0 Å². The van der Waals surface area contributed by atoms with E-state index in [1.165, 1.54) is 6.07 Å². The number of amides is 1. The van der Waals surface area contributed by atoms with E-state index in [0.29, 0.717) is 33.8 Å². The van der Waals surface area contributed by atoms with E-state index in [-0.39, 0.29) is 22.2 Å². The molecule has 0 fully saturated rings. The molecule has 29 heavy (non-hydrogen) atoms. The molecule has 0 bridgehead atoms. The van der Waals surface area contributed by atoms with Crippen LogP contribution in [0.3, 0.4) is 0 Å². The van der Waals surface area contributed by atoms with Crippen molar-refractivity contribution in [3.05, 3.63) is 78.4 Å². The maximum atomic E-state index is 12.1. The smallest absolute Gasteiger partial charge is 0.257 e. The first kappa shape index (κ1) is 20.0. The maximum absolute atomic E-state index is 12.1. The minimum atomic E-state index is -0.314. The van der Waals surface area contributed by atoms with Gasteiger partial charge in [0.1, 0.15) is 11.3 Å². The van der Waals surface area contributed by atoms with E-state index in [1.54, 1.807) is 36.4 Å². The Morgan fingerprint density at radius 2 is 1.72 bits per heavy atom. The van der Waals surface area contributed by atoms with Gasteiger partial charge in [-0.2, -0.15) is 0 Å². The molecule has 0 saturated heterocycles. The van der Waals surface area contributed by atoms with Crippen LogP contribution < -0.4 is 10.6 Å². The predicted molar refractivity (Wildman–Crippen MR) is 115 cm³/mol. The second-order valence-corrected chi connectivity index (χ2v) is 6.40. The molecule has 0 atom stereocenters. The van der Waals surface area contributed by atoms with E-state index >= 15 is 0 Å². The lowest BCUT2D eigenvalue weighted by atomic mass is 10.2. The zero-order chi connectivity index (χ0) is 19.5. The summed E-state index contributed by atoms with van der Waals surface area (Å²) in [5.74, 6) is -0.00985. The Balaban J connectivity index is 0.00000240. The number of aromatic hydroxyl groups is 1. The van der Waals surface area contributed by atoms with Crippen LogP contribution in [0.1, 0.15) is 10.4 Å². The molecule has 4 aromatic rings. The molecule has 5 N–H and O–H groups in total. The maximum Gasteiger partial charge on any atom is 0.257 e. The van der Waals surface area contributed by atoms with E-state index in [0.717, 1.165) is 0 Å². The molecule has 146 valence electrons. The number of anilines is 1. The van der Waals surface area contributed by atoms with Crippen molar-refractivity contribution in [2.24, 2.45) is 0 Å². The standard InChI is InChI=1S/C21H15N3O3S.H2O/c25-17-12-14(22-21(28)24-19(26)13-6-2-1-3-7-13)10-11-15(17)20-23-16-8-4-5-9-18(16)27-20;/h1-12,25H,(H2,22,24,26,28);1H2. The van der Waals surface area contributed by atoms with E-state index in [2.05, 4.69) is 15.6 Å². The van der Waals surface area contributed by atoms with Gasteiger partial charge in [0, 0.05) is 17.3 Å². The molecule has 8 heteroatoms. The average molecular weight is 407 g/mol. The third kappa shape index (κ3) is 4.40. The first-order valence-corrected chi connectivity index (χ1v) is 8.87. The normalized spacial score (nSPS) is 10.2. The summed E-state index contributed by atoms with van der Waals surface area (Å²) in [7, 11) is 0. The van der Waals surface area contributed by atoms with Crippen molar-refractivity contribution in [1.29, 1.82) is 0 Å². The summed E-state index contributed by atoms with van der Waals surface area (Å²) in [6, 6.07) is 21.0. The number of nitrogens with one attached hydrogen (secondary N) is 2. The highest BCUT2D eigenvalue weighted by molar-refractivity contribution is 7.80. The number of hydrogen-bond acceptors (Lipinski definition) is 5. The number of hydrogen-bond donors (Lipinski definition) is 3. The van der Waals surface area contributed by atoms with Crippen molar-refractivity contribution in [2.45, 2.75) is 0 Å². The van der Waals surface area contributed by atoms with Crippen molar-refractivity contribution in [1.82, 2.24) is 10.3 Å². The summed E-state index contributed by atoms with van der Waals surface area (Å²) in [5, 5.41) is 16.0. The van der Waals surface area contributed by atoms with Crippen LogP contribution in [0.25, 0.3) is 22.6 Å². The topological polar surface area (TPSA) is 119 Å². The molecule has 0 aliphatic heterocycles. The van der Waals surface area contributed by atoms with Gasteiger partial charge < -0.3 is 20.3 Å². The minimum Gasteiger partial charge on any atom is -0.507 e. The molecule has 0 spiro atoms. The van der Waals surface area contributed by atoms with Crippen LogP contribution in [-0.4, -0.2) is 26.6 Å². The van der Waals surface area contributed by atoms with E-state index in [1.807, 2.05) is 30.3 Å². The van der Waals surface area contributed by atoms with Crippen LogP contribution in [0.15, 0.2) is 77.2 Å². The molecule has 0 aliphatic rings. The largest absolute Gasteiger partial charge is 0.507 e. The minimum absolute atomic E-state index is 0. The Morgan fingerprint density at radius 1 is 1.00 bits per heavy atom. The second kappa shape index (κ2) is 8.51. The number of aromatic nitrogens is 1. The first-order valence-electron chi connectivity index (χ1n) is 8.46. The lowest BCUT2D eigenvalue weighted by Gasteiger charge is -2.10. The first-order chi connectivity index (χ1) is 13.6. The number of carbonyl (C=O) groups excluding carboxylic acids is 1. The molecule has 0 radical (unpaired) electrons. The van der Waals surface area contributed by atoms with Crippen LogP contribution in [-0.2, 0) is 0 Å². The van der Waals surface area contributed by atoms with Crippen molar-refractivity contribution >= 4 is 40.0 Å². The van der Waals surface area contributed by atoms with E-state index in [4.69, 9.17) is 16.6 Å². The third-order valence-corrected chi connectivity index (χ3v) is 4.25. The van der Waals surface area contributed by atoms with Gasteiger partial charge in [0.25, 0.3) is 5.91 Å². The molecule has 1 aromatic heterocycles. The molecule has 0 saturated carbocycles. The zero-order valence-electron chi connectivity index (χ0n) is 15.0. The number of phenols is 1. The lowest BCUT2D eigenvalue weighted by Crippen LogP contribution is -2.34. The summed E-state index contributed by atoms with van der Waals surface area (Å²) in [6.45, 7) is 0. The molecule has 0 unspecified atom stereocenters. The lowest BCUT2D eigenvalue weighted by molar-refractivity contribution is 0.0977. The number of oxazole rings is 1. The van der Waals surface area contributed by atoms with Gasteiger partial charge in [0.15, 0.2) is 10.7 Å². The number of rotatable bonds is 3. The molecule has 1 heterocycles. The zero-order valence-corrected chi connectivity index (χ0v) is 15.9. The summed E-state index contributed by atoms with van der Waals surface area (Å²) in [6.07, 6.45) is 0. The molecular formula is C21H17N3O4S. The summed E-state index contributed by atoms with van der Waals surface area (Å²) < 4.78 is 5.68. The highest BCUT2D eigenvalue weighted by Crippen LogP contribution is 2.32. The van der Waals surface area contributed by atoms with Crippen molar-refractivity contribution in [3.63, 3.8) is 0 Å². The summed E-state index contributed by atoms with van der Waals surface area (Å²) in [5.41, 5.74) is 2.84. The van der Waals surface area contributed by atoms with Gasteiger partial charge in [0.05, 0.1) is 5.56 Å². The predicted octanol–water partition coefficient (Wildman–Crippen LogP) is 3.50. The van der Waals surface area contributed by atoms with Gasteiger partial charge in [0.2, 0.25) is 5.89 Å². The Bertz CT molecular complexity index is 1140. The van der Waals surface area contributed by atoms with E-state index < -0.39 is 0 Å². The Labute approximate surface area is 171 Å². The van der Waals surface area contributed by atoms with Gasteiger partial charge in [-0.25, -0.2) is 4.98 Å². The van der Waals surface area contributed by atoms with Crippen LogP contribution >= 0.6 is 12.2 Å². The fourth-order valence-corrected chi connectivity index (χ4v) is 2.92. The highest BCUT2D eigenvalue weighted by atomic mass is 32.1. The monoisotopic (exact) mass is 407 g/mol. The molecule has 4 rings (SSSR count). The van der Waals surface area contributed by atoms with Crippen molar-refractivity contribution < 1.29 is 19.8 Å². The van der Waals surface area contributed by atoms with Crippen LogP contribution in [0, 0.1) is 0 Å². The number of thiocarbonyl (C=S) groups is 1. The number of nitrogens with zero attached hydrogens (tertiary/aromatic N) is 1. The van der Waals surface area contributed by atoms with Crippen LogP contribution in [0.5, 0.6) is 5.75 Å². The second-order valence-electron chi connectivity index (χ2n) is 5.99. The van der Waals surface area contributed by atoms with Gasteiger partial charge in [-0.15, -0.1) is 0 Å². The number of fused-ring (bicyclic) bond motifs is 1. The molecular weight excluding hydrogens is 390 g/mol. The number of carbonyl (C=O) groups is 1.